The molecule has 3 rings (SSSR count). The predicted octanol–water partition coefficient (Wildman–Crippen LogP) is 3.33. The van der Waals surface area contributed by atoms with Gasteiger partial charge in [0.05, 0.1) is 26.5 Å². The highest BCUT2D eigenvalue weighted by atomic mass is 16.5. The zero-order chi connectivity index (χ0) is 18.5. The molecular weight excluding hydrogens is 328 g/mol. The first-order chi connectivity index (χ1) is 12.6. The molecule has 1 N–H and O–H groups in total. The van der Waals surface area contributed by atoms with Crippen LogP contribution >= 0.6 is 0 Å². The third-order valence-electron chi connectivity index (χ3n) is 4.91. The van der Waals surface area contributed by atoms with E-state index in [1.807, 2.05) is 36.4 Å². The highest BCUT2D eigenvalue weighted by molar-refractivity contribution is 5.83. The van der Waals surface area contributed by atoms with E-state index in [-0.39, 0.29) is 5.91 Å². The van der Waals surface area contributed by atoms with Crippen LogP contribution in [0.3, 0.4) is 0 Å². The fourth-order valence-electron chi connectivity index (χ4n) is 3.39. The number of carbonyl (C=O) groups excluding carboxylic acids is 1. The van der Waals surface area contributed by atoms with Gasteiger partial charge >= 0.3 is 0 Å². The number of nitrogens with zero attached hydrogens (tertiary/aromatic N) is 1. The van der Waals surface area contributed by atoms with Gasteiger partial charge in [-0.05, 0) is 41.7 Å². The summed E-state index contributed by atoms with van der Waals surface area (Å²) in [5, 5.41) is 3.00. The molecule has 2 aromatic rings. The summed E-state index contributed by atoms with van der Waals surface area (Å²) < 4.78 is 10.7. The van der Waals surface area contributed by atoms with Crippen LogP contribution in [0.15, 0.2) is 42.5 Å². The topological polar surface area (TPSA) is 50.8 Å². The number of rotatable bonds is 6. The molecule has 0 spiro atoms. The molecule has 0 bridgehead atoms. The first-order valence-electron chi connectivity index (χ1n) is 8.94. The highest BCUT2D eigenvalue weighted by Gasteiger charge is 2.26. The molecular formula is C21H26N2O3. The summed E-state index contributed by atoms with van der Waals surface area (Å²) in [7, 11) is 3.32. The Kier molecular flexibility index (Phi) is 5.66. The second-order valence-electron chi connectivity index (χ2n) is 6.63. The van der Waals surface area contributed by atoms with Gasteiger partial charge in [-0.15, -0.1) is 0 Å². The van der Waals surface area contributed by atoms with Crippen LogP contribution in [0.25, 0.3) is 0 Å². The smallest absolute Gasteiger partial charge is 0.239 e. The first-order valence-corrected chi connectivity index (χ1v) is 8.94. The van der Waals surface area contributed by atoms with Gasteiger partial charge in [-0.3, -0.25) is 4.79 Å². The van der Waals surface area contributed by atoms with Crippen LogP contribution in [0, 0.1) is 0 Å². The van der Waals surface area contributed by atoms with Gasteiger partial charge in [-0.1, -0.05) is 31.2 Å². The maximum absolute atomic E-state index is 12.5. The van der Waals surface area contributed by atoms with E-state index in [4.69, 9.17) is 9.47 Å². The van der Waals surface area contributed by atoms with E-state index >= 15 is 0 Å². The van der Waals surface area contributed by atoms with Crippen molar-refractivity contribution >= 4 is 11.6 Å². The number of methoxy groups -OCH3 is 2. The summed E-state index contributed by atoms with van der Waals surface area (Å²) in [5.74, 6) is 2.12. The van der Waals surface area contributed by atoms with Gasteiger partial charge in [-0.25, -0.2) is 0 Å². The number of amides is 1. The van der Waals surface area contributed by atoms with Gasteiger partial charge < -0.3 is 19.7 Å². The molecule has 1 atom stereocenters. The lowest BCUT2D eigenvalue weighted by molar-refractivity contribution is -0.119. The molecule has 0 aliphatic carbocycles. The number of hydrogen-bond acceptors (Lipinski definition) is 4. The molecule has 0 saturated heterocycles. The van der Waals surface area contributed by atoms with E-state index in [1.54, 1.807) is 14.2 Å². The third-order valence-corrected chi connectivity index (χ3v) is 4.91. The van der Waals surface area contributed by atoms with E-state index in [1.165, 1.54) is 5.56 Å². The Morgan fingerprint density at radius 3 is 2.62 bits per heavy atom. The lowest BCUT2D eigenvalue weighted by Crippen LogP contribution is -2.40. The van der Waals surface area contributed by atoms with Crippen molar-refractivity contribution in [2.24, 2.45) is 0 Å². The zero-order valence-corrected chi connectivity index (χ0v) is 15.6. The molecule has 26 heavy (non-hydrogen) atoms. The predicted molar refractivity (Wildman–Crippen MR) is 103 cm³/mol. The van der Waals surface area contributed by atoms with Crippen molar-refractivity contribution in [2.75, 3.05) is 32.2 Å². The largest absolute Gasteiger partial charge is 0.497 e. The fourth-order valence-corrected chi connectivity index (χ4v) is 3.39. The SMILES string of the molecule is COc1ccc(CNC(=O)CN2CC[C@H](C)c3cccc(OC)c32)cc1. The van der Waals surface area contributed by atoms with E-state index < -0.39 is 0 Å². The van der Waals surface area contributed by atoms with E-state index in [2.05, 4.69) is 23.2 Å². The summed E-state index contributed by atoms with van der Waals surface area (Å²) in [6.45, 7) is 3.91. The van der Waals surface area contributed by atoms with Crippen molar-refractivity contribution in [3.63, 3.8) is 0 Å². The van der Waals surface area contributed by atoms with Crippen LogP contribution in [-0.2, 0) is 11.3 Å². The zero-order valence-electron chi connectivity index (χ0n) is 15.6. The summed E-state index contributed by atoms with van der Waals surface area (Å²) in [6.07, 6.45) is 1.03. The van der Waals surface area contributed by atoms with Gasteiger partial charge in [0.1, 0.15) is 11.5 Å². The fraction of sp³-hybridized carbons (Fsp3) is 0.381. The number of carbonyl (C=O) groups is 1. The van der Waals surface area contributed by atoms with Crippen molar-refractivity contribution in [1.29, 1.82) is 0 Å². The average Bonchev–Trinajstić information content (AvgIpc) is 2.68. The summed E-state index contributed by atoms with van der Waals surface area (Å²) in [4.78, 5) is 14.6. The van der Waals surface area contributed by atoms with E-state index in [9.17, 15) is 4.79 Å². The Hall–Kier alpha value is -2.69. The number of para-hydroxylation sites is 1. The maximum atomic E-state index is 12.5. The molecule has 0 saturated carbocycles. The lowest BCUT2D eigenvalue weighted by atomic mass is 9.91. The minimum atomic E-state index is 0.00669. The molecule has 5 nitrogen and oxygen atoms in total. The van der Waals surface area contributed by atoms with Gasteiger partial charge in [0.2, 0.25) is 5.91 Å². The third kappa shape index (κ3) is 3.93. The van der Waals surface area contributed by atoms with Gasteiger partial charge in [0, 0.05) is 13.1 Å². The number of benzene rings is 2. The quantitative estimate of drug-likeness (QED) is 0.864. The standard InChI is InChI=1S/C21H26N2O3/c1-15-11-12-23(21-18(15)5-4-6-19(21)26-3)14-20(24)22-13-16-7-9-17(25-2)10-8-16/h4-10,15H,11-14H2,1-3H3,(H,22,24)/t15-/m0/s1. The minimum absolute atomic E-state index is 0.00669. The van der Waals surface area contributed by atoms with E-state index in [0.29, 0.717) is 19.0 Å². The Bertz CT molecular complexity index is 758. The first kappa shape index (κ1) is 18.1. The van der Waals surface area contributed by atoms with Crippen LogP contribution in [-0.4, -0.2) is 33.2 Å². The molecule has 1 aliphatic heterocycles. The van der Waals surface area contributed by atoms with Crippen molar-refractivity contribution in [3.8, 4) is 11.5 Å². The van der Waals surface area contributed by atoms with Crippen molar-refractivity contribution in [3.05, 3.63) is 53.6 Å². The minimum Gasteiger partial charge on any atom is -0.497 e. The van der Waals surface area contributed by atoms with Gasteiger partial charge in [0.15, 0.2) is 0 Å². The molecule has 1 heterocycles. The summed E-state index contributed by atoms with van der Waals surface area (Å²) in [5.41, 5.74) is 3.34. The molecule has 0 aromatic heterocycles. The van der Waals surface area contributed by atoms with Crippen molar-refractivity contribution in [2.45, 2.75) is 25.8 Å². The number of nitrogens with one attached hydrogen (secondary N) is 1. The normalized spacial score (nSPS) is 16.0. The molecule has 0 unspecified atom stereocenters. The van der Waals surface area contributed by atoms with Gasteiger partial charge in [0.25, 0.3) is 0 Å². The highest BCUT2D eigenvalue weighted by Crippen LogP contribution is 2.41. The second-order valence-corrected chi connectivity index (χ2v) is 6.63. The van der Waals surface area contributed by atoms with Crippen LogP contribution < -0.4 is 19.7 Å². The Morgan fingerprint density at radius 2 is 1.92 bits per heavy atom. The molecule has 2 aromatic carbocycles. The molecule has 0 radical (unpaired) electrons. The average molecular weight is 354 g/mol. The second kappa shape index (κ2) is 8.13. The molecule has 1 aliphatic rings. The van der Waals surface area contributed by atoms with Crippen molar-refractivity contribution < 1.29 is 14.3 Å². The molecule has 0 fully saturated rings. The van der Waals surface area contributed by atoms with Crippen molar-refractivity contribution in [1.82, 2.24) is 5.32 Å². The lowest BCUT2D eigenvalue weighted by Gasteiger charge is -2.35. The number of fused-ring (bicyclic) bond motifs is 1. The Morgan fingerprint density at radius 1 is 1.15 bits per heavy atom. The Labute approximate surface area is 154 Å². The maximum Gasteiger partial charge on any atom is 0.239 e. The number of anilines is 1. The number of ether oxygens (including phenoxy) is 2. The van der Waals surface area contributed by atoms with Gasteiger partial charge in [-0.2, -0.15) is 0 Å². The summed E-state index contributed by atoms with van der Waals surface area (Å²) in [6, 6.07) is 13.8. The van der Waals surface area contributed by atoms with Crippen LogP contribution in [0.1, 0.15) is 30.4 Å². The van der Waals surface area contributed by atoms with Crippen LogP contribution in [0.4, 0.5) is 5.69 Å². The van der Waals surface area contributed by atoms with E-state index in [0.717, 1.165) is 35.7 Å². The molecule has 138 valence electrons. The van der Waals surface area contributed by atoms with Crippen LogP contribution in [0.5, 0.6) is 11.5 Å². The summed E-state index contributed by atoms with van der Waals surface area (Å²) >= 11 is 0. The van der Waals surface area contributed by atoms with Crippen LogP contribution in [0.2, 0.25) is 0 Å². The molecule has 1 amide bonds. The monoisotopic (exact) mass is 354 g/mol. The number of hydrogen-bond donors (Lipinski definition) is 1. The molecule has 5 heteroatoms. The Balaban J connectivity index is 1.65.